The van der Waals surface area contributed by atoms with Crippen molar-refractivity contribution in [2.75, 3.05) is 6.54 Å². The van der Waals surface area contributed by atoms with Gasteiger partial charge in [-0.05, 0) is 25.1 Å². The molecule has 0 spiro atoms. The van der Waals surface area contributed by atoms with Crippen LogP contribution in [0.3, 0.4) is 0 Å². The number of nitrogens with zero attached hydrogens (tertiary/aromatic N) is 3. The Hall–Kier alpha value is -1.53. The summed E-state index contributed by atoms with van der Waals surface area (Å²) in [6.07, 6.45) is 1.72. The summed E-state index contributed by atoms with van der Waals surface area (Å²) in [5, 5.41) is 6.97. The van der Waals surface area contributed by atoms with E-state index in [9.17, 15) is 4.79 Å². The van der Waals surface area contributed by atoms with Crippen molar-refractivity contribution in [1.29, 1.82) is 0 Å². The number of thiophene rings is 1. The van der Waals surface area contributed by atoms with Gasteiger partial charge >= 0.3 is 6.03 Å². The summed E-state index contributed by atoms with van der Waals surface area (Å²) in [5.41, 5.74) is 0.966. The molecule has 0 fully saturated rings. The molecule has 0 aliphatic heterocycles. The lowest BCUT2D eigenvalue weighted by molar-refractivity contribution is 0.198. The van der Waals surface area contributed by atoms with Gasteiger partial charge in [-0.15, -0.1) is 11.3 Å². The third-order valence-corrected chi connectivity index (χ3v) is 4.20. The van der Waals surface area contributed by atoms with E-state index in [2.05, 4.69) is 10.4 Å². The van der Waals surface area contributed by atoms with Gasteiger partial charge in [0.05, 0.1) is 23.1 Å². The Morgan fingerprint density at radius 3 is 2.85 bits per heavy atom. The lowest BCUT2D eigenvalue weighted by Gasteiger charge is -2.20. The molecule has 0 saturated heterocycles. The molecule has 5 nitrogen and oxygen atoms in total. The van der Waals surface area contributed by atoms with Crippen LogP contribution < -0.4 is 5.32 Å². The van der Waals surface area contributed by atoms with Gasteiger partial charge < -0.3 is 10.2 Å². The Morgan fingerprint density at radius 1 is 1.50 bits per heavy atom. The number of carbonyl (C=O) groups excluding carboxylic acids is 1. The fourth-order valence-electron chi connectivity index (χ4n) is 1.80. The number of carbonyl (C=O) groups is 1. The third kappa shape index (κ3) is 3.74. The zero-order chi connectivity index (χ0) is 14.5. The molecule has 0 radical (unpaired) electrons. The molecule has 2 amide bonds. The molecule has 0 atom stereocenters. The number of aryl methyl sites for hydroxylation is 1. The van der Waals surface area contributed by atoms with Crippen molar-refractivity contribution in [3.63, 3.8) is 0 Å². The van der Waals surface area contributed by atoms with Crippen molar-refractivity contribution in [3.05, 3.63) is 39.3 Å². The van der Waals surface area contributed by atoms with E-state index in [4.69, 9.17) is 11.6 Å². The van der Waals surface area contributed by atoms with Crippen molar-refractivity contribution in [2.24, 2.45) is 7.05 Å². The highest BCUT2D eigenvalue weighted by Gasteiger charge is 2.13. The molecule has 108 valence electrons. The van der Waals surface area contributed by atoms with E-state index in [-0.39, 0.29) is 6.03 Å². The Balaban J connectivity index is 1.90. The van der Waals surface area contributed by atoms with Crippen LogP contribution in [0.15, 0.2) is 24.4 Å². The second-order valence-electron chi connectivity index (χ2n) is 4.32. The van der Waals surface area contributed by atoms with Crippen LogP contribution in [0.4, 0.5) is 4.79 Å². The molecule has 0 saturated carbocycles. The van der Waals surface area contributed by atoms with Crippen molar-refractivity contribution < 1.29 is 4.79 Å². The summed E-state index contributed by atoms with van der Waals surface area (Å²) in [6, 6.07) is 5.60. The van der Waals surface area contributed by atoms with E-state index in [0.29, 0.717) is 19.6 Å². The number of hydrogen-bond acceptors (Lipinski definition) is 3. The van der Waals surface area contributed by atoms with Gasteiger partial charge in [-0.3, -0.25) is 4.68 Å². The van der Waals surface area contributed by atoms with Crippen molar-refractivity contribution in [3.8, 4) is 0 Å². The monoisotopic (exact) mass is 312 g/mol. The highest BCUT2D eigenvalue weighted by molar-refractivity contribution is 7.16. The van der Waals surface area contributed by atoms with Gasteiger partial charge in [-0.2, -0.15) is 5.10 Å². The number of nitrogens with one attached hydrogen (secondary N) is 1. The SMILES string of the molecule is CCN(Cc1ccc(Cl)s1)C(=O)NCc1ccnn1C. The van der Waals surface area contributed by atoms with Crippen LogP contribution in [-0.2, 0) is 20.1 Å². The topological polar surface area (TPSA) is 50.2 Å². The Kier molecular flexibility index (Phi) is 5.03. The summed E-state index contributed by atoms with van der Waals surface area (Å²) in [6.45, 7) is 3.65. The first kappa shape index (κ1) is 14.9. The van der Waals surface area contributed by atoms with Crippen LogP contribution in [0.2, 0.25) is 4.34 Å². The minimum atomic E-state index is -0.0850. The van der Waals surface area contributed by atoms with E-state index >= 15 is 0 Å². The molecule has 1 N–H and O–H groups in total. The molecular formula is C13H17ClN4OS. The molecule has 0 unspecified atom stereocenters. The molecule has 2 aromatic heterocycles. The van der Waals surface area contributed by atoms with Gasteiger partial charge in [0, 0.05) is 24.7 Å². The first-order valence-electron chi connectivity index (χ1n) is 6.34. The molecule has 0 aromatic carbocycles. The summed E-state index contributed by atoms with van der Waals surface area (Å²) in [4.78, 5) is 15.0. The van der Waals surface area contributed by atoms with E-state index in [1.54, 1.807) is 15.8 Å². The number of aromatic nitrogens is 2. The fraction of sp³-hybridized carbons (Fsp3) is 0.385. The Labute approximate surface area is 127 Å². The van der Waals surface area contributed by atoms with Gasteiger partial charge in [0.2, 0.25) is 0 Å². The number of hydrogen-bond donors (Lipinski definition) is 1. The minimum Gasteiger partial charge on any atom is -0.332 e. The molecular weight excluding hydrogens is 296 g/mol. The second kappa shape index (κ2) is 6.76. The number of halogens is 1. The summed E-state index contributed by atoms with van der Waals surface area (Å²) in [7, 11) is 1.85. The average Bonchev–Trinajstić information content (AvgIpc) is 3.02. The van der Waals surface area contributed by atoms with Crippen molar-refractivity contribution >= 4 is 29.0 Å². The molecule has 2 heterocycles. The van der Waals surface area contributed by atoms with Crippen LogP contribution in [0.1, 0.15) is 17.5 Å². The Bertz CT molecular complexity index is 580. The first-order chi connectivity index (χ1) is 9.60. The number of amides is 2. The lowest BCUT2D eigenvalue weighted by atomic mass is 10.4. The predicted molar refractivity (Wildman–Crippen MR) is 80.9 cm³/mol. The van der Waals surface area contributed by atoms with Crippen LogP contribution in [0, 0.1) is 0 Å². The summed E-state index contributed by atoms with van der Waals surface area (Å²) in [5.74, 6) is 0. The lowest BCUT2D eigenvalue weighted by Crippen LogP contribution is -2.39. The van der Waals surface area contributed by atoms with E-state index < -0.39 is 0 Å². The van der Waals surface area contributed by atoms with Gasteiger partial charge in [-0.1, -0.05) is 11.6 Å². The summed E-state index contributed by atoms with van der Waals surface area (Å²) < 4.78 is 2.49. The second-order valence-corrected chi connectivity index (χ2v) is 6.12. The molecule has 0 aliphatic rings. The van der Waals surface area contributed by atoms with E-state index in [0.717, 1.165) is 14.9 Å². The van der Waals surface area contributed by atoms with Gasteiger partial charge in [0.25, 0.3) is 0 Å². The minimum absolute atomic E-state index is 0.0850. The highest BCUT2D eigenvalue weighted by atomic mass is 35.5. The Morgan fingerprint density at radius 2 is 2.30 bits per heavy atom. The zero-order valence-electron chi connectivity index (χ0n) is 11.5. The maximum atomic E-state index is 12.1. The standard InChI is InChI=1S/C13H17ClN4OS/c1-3-18(9-11-4-5-12(14)20-11)13(19)15-8-10-6-7-16-17(10)2/h4-7H,3,8-9H2,1-2H3,(H,15,19). The van der Waals surface area contributed by atoms with Crippen LogP contribution in [-0.4, -0.2) is 27.3 Å². The maximum absolute atomic E-state index is 12.1. The predicted octanol–water partition coefficient (Wildman–Crippen LogP) is 2.87. The van der Waals surface area contributed by atoms with Gasteiger partial charge in [0.15, 0.2) is 0 Å². The largest absolute Gasteiger partial charge is 0.332 e. The smallest absolute Gasteiger partial charge is 0.318 e. The maximum Gasteiger partial charge on any atom is 0.318 e. The normalized spacial score (nSPS) is 10.6. The van der Waals surface area contributed by atoms with E-state index in [1.165, 1.54) is 11.3 Å². The molecule has 7 heteroatoms. The molecule has 2 aromatic rings. The van der Waals surface area contributed by atoms with Crippen molar-refractivity contribution in [1.82, 2.24) is 20.0 Å². The molecule has 2 rings (SSSR count). The zero-order valence-corrected chi connectivity index (χ0v) is 13.0. The molecule has 20 heavy (non-hydrogen) atoms. The van der Waals surface area contributed by atoms with Crippen molar-refractivity contribution in [2.45, 2.75) is 20.0 Å². The third-order valence-electron chi connectivity index (χ3n) is 2.99. The molecule has 0 aliphatic carbocycles. The fourth-order valence-corrected chi connectivity index (χ4v) is 2.91. The summed E-state index contributed by atoms with van der Waals surface area (Å²) >= 11 is 7.40. The van der Waals surface area contributed by atoms with Crippen LogP contribution >= 0.6 is 22.9 Å². The number of rotatable bonds is 5. The first-order valence-corrected chi connectivity index (χ1v) is 7.53. The van der Waals surface area contributed by atoms with Crippen LogP contribution in [0.5, 0.6) is 0 Å². The average molecular weight is 313 g/mol. The van der Waals surface area contributed by atoms with Crippen LogP contribution in [0.25, 0.3) is 0 Å². The van der Waals surface area contributed by atoms with E-state index in [1.807, 2.05) is 32.2 Å². The quantitative estimate of drug-likeness (QED) is 0.923. The highest BCUT2D eigenvalue weighted by Crippen LogP contribution is 2.22. The van der Waals surface area contributed by atoms with Gasteiger partial charge in [-0.25, -0.2) is 4.79 Å². The number of urea groups is 1. The molecule has 0 bridgehead atoms. The van der Waals surface area contributed by atoms with Gasteiger partial charge in [0.1, 0.15) is 0 Å².